The van der Waals surface area contributed by atoms with Crippen molar-refractivity contribution in [2.24, 2.45) is 5.92 Å². The van der Waals surface area contributed by atoms with Gasteiger partial charge < -0.3 is 5.11 Å². The lowest BCUT2D eigenvalue weighted by molar-refractivity contribution is -0.0841. The maximum atomic E-state index is 12.7. The Morgan fingerprint density at radius 3 is 2.42 bits per heavy atom. The Morgan fingerprint density at radius 2 is 1.89 bits per heavy atom. The Balaban J connectivity index is 1.97. The monoisotopic (exact) mass is 297 g/mol. The molecule has 0 amide bonds. The van der Waals surface area contributed by atoms with Crippen molar-refractivity contribution in [3.8, 4) is 0 Å². The molecule has 1 saturated heterocycles. The van der Waals surface area contributed by atoms with E-state index in [1.165, 1.54) is 0 Å². The number of alkyl halides is 2. The van der Waals surface area contributed by atoms with Crippen LogP contribution in [0.2, 0.25) is 0 Å². The number of halogens is 2. The summed E-state index contributed by atoms with van der Waals surface area (Å²) in [6, 6.07) is 0. The molecule has 2 rings (SSSR count). The molecular formula is C12H21F2NO3S. The van der Waals surface area contributed by atoms with E-state index in [0.29, 0.717) is 0 Å². The number of β-amino-alcohol motifs (C(OH)–C–C–N with tert-alkyl or cyclic N) is 1. The van der Waals surface area contributed by atoms with Crippen molar-refractivity contribution in [2.45, 2.75) is 50.6 Å². The van der Waals surface area contributed by atoms with Gasteiger partial charge in [-0.15, -0.1) is 0 Å². The smallest absolute Gasteiger partial charge is 0.268 e. The molecule has 0 aromatic rings. The molecule has 1 aliphatic carbocycles. The van der Waals surface area contributed by atoms with E-state index in [0.717, 1.165) is 36.4 Å². The van der Waals surface area contributed by atoms with E-state index in [9.17, 15) is 22.3 Å². The molecule has 1 unspecified atom stereocenters. The Hall–Kier alpha value is -0.270. The van der Waals surface area contributed by atoms with Gasteiger partial charge >= 0.3 is 0 Å². The molecule has 19 heavy (non-hydrogen) atoms. The molecule has 0 radical (unpaired) electrons. The molecule has 1 N–H and O–H groups in total. The number of aliphatic hydroxyl groups is 1. The molecule has 1 heterocycles. The van der Waals surface area contributed by atoms with Gasteiger partial charge in [-0.1, -0.05) is 19.3 Å². The molecule has 1 saturated carbocycles. The average Bonchev–Trinajstić information content (AvgIpc) is 2.75. The standard InChI is InChI=1S/C12H21F2NO3S/c13-11(14)12(16)6-7-15(9-12)19(17,18)8-10-4-2-1-3-5-10/h10-11,16H,1-9H2. The van der Waals surface area contributed by atoms with Crippen molar-refractivity contribution in [1.29, 1.82) is 0 Å². The van der Waals surface area contributed by atoms with Crippen molar-refractivity contribution >= 4 is 10.0 Å². The van der Waals surface area contributed by atoms with Crippen molar-refractivity contribution in [3.63, 3.8) is 0 Å². The SMILES string of the molecule is O=S(=O)(CC1CCCCC1)N1CCC(O)(C(F)F)C1. The second-order valence-electron chi connectivity index (χ2n) is 5.77. The summed E-state index contributed by atoms with van der Waals surface area (Å²) in [4.78, 5) is 0. The zero-order valence-electron chi connectivity index (χ0n) is 10.9. The van der Waals surface area contributed by atoms with Gasteiger partial charge in [0, 0.05) is 13.1 Å². The van der Waals surface area contributed by atoms with Crippen LogP contribution in [0.4, 0.5) is 8.78 Å². The third kappa shape index (κ3) is 3.44. The Morgan fingerprint density at radius 1 is 1.26 bits per heavy atom. The van der Waals surface area contributed by atoms with E-state index in [4.69, 9.17) is 0 Å². The number of nitrogens with zero attached hydrogens (tertiary/aromatic N) is 1. The van der Waals surface area contributed by atoms with Crippen molar-refractivity contribution in [2.75, 3.05) is 18.8 Å². The first-order valence-electron chi connectivity index (χ1n) is 6.82. The summed E-state index contributed by atoms with van der Waals surface area (Å²) >= 11 is 0. The number of sulfonamides is 1. The lowest BCUT2D eigenvalue weighted by atomic mass is 9.91. The fourth-order valence-electron chi connectivity index (χ4n) is 2.95. The van der Waals surface area contributed by atoms with Crippen LogP contribution in [0.1, 0.15) is 38.5 Å². The average molecular weight is 297 g/mol. The van der Waals surface area contributed by atoms with Crippen LogP contribution in [-0.2, 0) is 10.0 Å². The quantitative estimate of drug-likeness (QED) is 0.857. The van der Waals surface area contributed by atoms with Gasteiger partial charge in [-0.25, -0.2) is 17.2 Å². The van der Waals surface area contributed by atoms with Gasteiger partial charge in [0.05, 0.1) is 5.75 Å². The first-order chi connectivity index (χ1) is 8.83. The minimum Gasteiger partial charge on any atom is -0.382 e. The Bertz CT molecular complexity index is 409. The highest BCUT2D eigenvalue weighted by atomic mass is 32.2. The third-order valence-corrected chi connectivity index (χ3v) is 6.21. The normalized spacial score (nSPS) is 31.2. The van der Waals surface area contributed by atoms with Gasteiger partial charge in [-0.2, -0.15) is 4.31 Å². The van der Waals surface area contributed by atoms with Crippen LogP contribution >= 0.6 is 0 Å². The van der Waals surface area contributed by atoms with Crippen molar-refractivity contribution in [1.82, 2.24) is 4.31 Å². The van der Waals surface area contributed by atoms with Crippen LogP contribution in [0, 0.1) is 5.92 Å². The van der Waals surface area contributed by atoms with Crippen LogP contribution in [0.25, 0.3) is 0 Å². The maximum absolute atomic E-state index is 12.7. The Kier molecular flexibility index (Phi) is 4.47. The molecule has 1 atom stereocenters. The van der Waals surface area contributed by atoms with E-state index >= 15 is 0 Å². The highest BCUT2D eigenvalue weighted by Gasteiger charge is 2.47. The predicted octanol–water partition coefficient (Wildman–Crippen LogP) is 1.60. The van der Waals surface area contributed by atoms with Gasteiger partial charge in [-0.05, 0) is 25.2 Å². The van der Waals surface area contributed by atoms with Gasteiger partial charge in [0.2, 0.25) is 10.0 Å². The van der Waals surface area contributed by atoms with Crippen molar-refractivity contribution in [3.05, 3.63) is 0 Å². The first kappa shape index (κ1) is 15.1. The lowest BCUT2D eigenvalue weighted by Gasteiger charge is -2.25. The van der Waals surface area contributed by atoms with Crippen LogP contribution in [0.15, 0.2) is 0 Å². The zero-order valence-corrected chi connectivity index (χ0v) is 11.7. The fourth-order valence-corrected chi connectivity index (χ4v) is 4.88. The summed E-state index contributed by atoms with van der Waals surface area (Å²) in [6.45, 7) is -0.477. The van der Waals surface area contributed by atoms with Crippen LogP contribution < -0.4 is 0 Å². The second-order valence-corrected chi connectivity index (χ2v) is 7.78. The largest absolute Gasteiger partial charge is 0.382 e. The molecule has 112 valence electrons. The van der Waals surface area contributed by atoms with Gasteiger partial charge in [-0.3, -0.25) is 0 Å². The van der Waals surface area contributed by atoms with Crippen molar-refractivity contribution < 1.29 is 22.3 Å². The molecule has 4 nitrogen and oxygen atoms in total. The molecule has 0 aromatic heterocycles. The molecule has 0 aromatic carbocycles. The predicted molar refractivity (Wildman–Crippen MR) is 67.5 cm³/mol. The van der Waals surface area contributed by atoms with E-state index < -0.39 is 28.6 Å². The topological polar surface area (TPSA) is 57.6 Å². The van der Waals surface area contributed by atoms with E-state index in [-0.39, 0.29) is 24.6 Å². The summed E-state index contributed by atoms with van der Waals surface area (Å²) in [5, 5.41) is 9.65. The molecule has 0 bridgehead atoms. The summed E-state index contributed by atoms with van der Waals surface area (Å²) in [5.74, 6) is 0.172. The molecule has 2 aliphatic rings. The number of hydrogen-bond donors (Lipinski definition) is 1. The van der Waals surface area contributed by atoms with Gasteiger partial charge in [0.25, 0.3) is 6.43 Å². The highest BCUT2D eigenvalue weighted by Crippen LogP contribution is 2.31. The van der Waals surface area contributed by atoms with E-state index in [1.807, 2.05) is 0 Å². The molecular weight excluding hydrogens is 276 g/mol. The van der Waals surface area contributed by atoms with Crippen LogP contribution in [-0.4, -0.2) is 48.7 Å². The number of hydrogen-bond acceptors (Lipinski definition) is 3. The summed E-state index contributed by atoms with van der Waals surface area (Å²) in [6.07, 6.45) is 1.93. The highest BCUT2D eigenvalue weighted by molar-refractivity contribution is 7.89. The summed E-state index contributed by atoms with van der Waals surface area (Å²) in [5.41, 5.74) is -2.17. The minimum atomic E-state index is -3.52. The molecule has 0 spiro atoms. The molecule has 1 aliphatic heterocycles. The zero-order chi connectivity index (χ0) is 14.1. The minimum absolute atomic E-state index is 0.00407. The van der Waals surface area contributed by atoms with Crippen LogP contribution in [0.3, 0.4) is 0 Å². The van der Waals surface area contributed by atoms with Crippen LogP contribution in [0.5, 0.6) is 0 Å². The molecule has 7 heteroatoms. The van der Waals surface area contributed by atoms with Gasteiger partial charge in [0.1, 0.15) is 5.60 Å². The Labute approximate surface area is 112 Å². The maximum Gasteiger partial charge on any atom is 0.268 e. The summed E-state index contributed by atoms with van der Waals surface area (Å²) < 4.78 is 50.7. The fraction of sp³-hybridized carbons (Fsp3) is 1.00. The number of rotatable bonds is 4. The first-order valence-corrected chi connectivity index (χ1v) is 8.43. The summed E-state index contributed by atoms with van der Waals surface area (Å²) in [7, 11) is -3.52. The molecule has 2 fully saturated rings. The second kappa shape index (κ2) is 5.61. The third-order valence-electron chi connectivity index (χ3n) is 4.21. The van der Waals surface area contributed by atoms with E-state index in [1.54, 1.807) is 0 Å². The van der Waals surface area contributed by atoms with Gasteiger partial charge in [0.15, 0.2) is 0 Å². The van der Waals surface area contributed by atoms with E-state index in [2.05, 4.69) is 0 Å². The lowest BCUT2D eigenvalue weighted by Crippen LogP contribution is -2.42.